The SMILES string of the molecule is CCCN(C(=O)Nc1ccc(SC)cc1)C(CC)c1nc2ccccc2c(=O)n1CCOC. The predicted molar refractivity (Wildman–Crippen MR) is 135 cm³/mol. The normalized spacial score (nSPS) is 12.0. The third-order valence-corrected chi connectivity index (χ3v) is 6.28. The second-order valence-corrected chi connectivity index (χ2v) is 8.59. The van der Waals surface area contributed by atoms with Gasteiger partial charge in [0.05, 0.1) is 30.1 Å². The van der Waals surface area contributed by atoms with Gasteiger partial charge in [0.25, 0.3) is 5.56 Å². The number of ether oxygens (including phenoxy) is 1. The predicted octanol–water partition coefficient (Wildman–Crippen LogP) is 5.16. The van der Waals surface area contributed by atoms with E-state index in [2.05, 4.69) is 5.32 Å². The lowest BCUT2D eigenvalue weighted by Gasteiger charge is -2.32. The van der Waals surface area contributed by atoms with E-state index in [-0.39, 0.29) is 17.6 Å². The molecule has 8 heteroatoms. The molecule has 1 atom stereocenters. The number of nitrogens with one attached hydrogen (secondary N) is 1. The highest BCUT2D eigenvalue weighted by Crippen LogP contribution is 2.26. The van der Waals surface area contributed by atoms with E-state index >= 15 is 0 Å². The van der Waals surface area contributed by atoms with Gasteiger partial charge in [-0.3, -0.25) is 9.36 Å². The van der Waals surface area contributed by atoms with Crippen LogP contribution in [0.1, 0.15) is 38.6 Å². The first kappa shape index (κ1) is 24.8. The van der Waals surface area contributed by atoms with Crippen molar-refractivity contribution in [1.29, 1.82) is 0 Å². The van der Waals surface area contributed by atoms with E-state index in [0.717, 1.165) is 17.0 Å². The Hall–Kier alpha value is -2.84. The number of thioether (sulfide) groups is 1. The Morgan fingerprint density at radius 1 is 1.18 bits per heavy atom. The standard InChI is InChI=1S/C25H32N4O3S/c1-5-15-28(25(31)26-18-11-13-19(33-4)14-12-18)22(6-2)23-27-21-10-8-7-9-20(21)24(30)29(23)16-17-32-3/h7-14,22H,5-6,15-17H2,1-4H3,(H,26,31). The van der Waals surface area contributed by atoms with Gasteiger partial charge < -0.3 is 15.0 Å². The molecule has 0 spiro atoms. The smallest absolute Gasteiger partial charge is 0.322 e. The summed E-state index contributed by atoms with van der Waals surface area (Å²) in [5, 5.41) is 3.58. The number of carbonyl (C=O) groups excluding carboxylic acids is 1. The fourth-order valence-corrected chi connectivity index (χ4v) is 4.30. The Balaban J connectivity index is 2.02. The van der Waals surface area contributed by atoms with Gasteiger partial charge >= 0.3 is 6.03 Å². The summed E-state index contributed by atoms with van der Waals surface area (Å²) in [6.45, 7) is 5.34. The number of hydrogen-bond acceptors (Lipinski definition) is 5. The van der Waals surface area contributed by atoms with Crippen LogP contribution in [0.5, 0.6) is 0 Å². The fourth-order valence-electron chi connectivity index (χ4n) is 3.89. The number of rotatable bonds is 10. The van der Waals surface area contributed by atoms with Crippen molar-refractivity contribution in [3.8, 4) is 0 Å². The quantitative estimate of drug-likeness (QED) is 0.416. The van der Waals surface area contributed by atoms with Crippen molar-refractivity contribution in [2.45, 2.75) is 44.2 Å². The van der Waals surface area contributed by atoms with Gasteiger partial charge in [0.15, 0.2) is 0 Å². The number of hydrogen-bond donors (Lipinski definition) is 1. The minimum Gasteiger partial charge on any atom is -0.383 e. The van der Waals surface area contributed by atoms with E-state index in [1.165, 1.54) is 0 Å². The molecule has 0 saturated carbocycles. The van der Waals surface area contributed by atoms with Crippen molar-refractivity contribution in [1.82, 2.24) is 14.5 Å². The minimum absolute atomic E-state index is 0.115. The van der Waals surface area contributed by atoms with Crippen molar-refractivity contribution in [3.05, 3.63) is 64.7 Å². The summed E-state index contributed by atoms with van der Waals surface area (Å²) in [6.07, 6.45) is 3.42. The van der Waals surface area contributed by atoms with Gasteiger partial charge in [-0.05, 0) is 55.5 Å². The summed E-state index contributed by atoms with van der Waals surface area (Å²) in [5.74, 6) is 0.583. The summed E-state index contributed by atoms with van der Waals surface area (Å²) in [4.78, 5) is 34.5. The molecule has 2 aromatic carbocycles. The average Bonchev–Trinajstić information content (AvgIpc) is 2.84. The molecule has 0 radical (unpaired) electrons. The number of aromatic nitrogens is 2. The lowest BCUT2D eigenvalue weighted by Crippen LogP contribution is -2.41. The van der Waals surface area contributed by atoms with E-state index < -0.39 is 0 Å². The van der Waals surface area contributed by atoms with Gasteiger partial charge in [0, 0.05) is 24.2 Å². The molecule has 33 heavy (non-hydrogen) atoms. The second kappa shape index (κ2) is 11.9. The third-order valence-electron chi connectivity index (χ3n) is 5.54. The maximum atomic E-state index is 13.4. The zero-order valence-corrected chi connectivity index (χ0v) is 20.5. The first-order valence-corrected chi connectivity index (χ1v) is 12.5. The molecule has 3 aromatic rings. The Morgan fingerprint density at radius 2 is 1.91 bits per heavy atom. The zero-order valence-electron chi connectivity index (χ0n) is 19.7. The van der Waals surface area contributed by atoms with Crippen LogP contribution >= 0.6 is 11.8 Å². The van der Waals surface area contributed by atoms with Gasteiger partial charge in [-0.1, -0.05) is 26.0 Å². The Morgan fingerprint density at radius 3 is 2.55 bits per heavy atom. The van der Waals surface area contributed by atoms with Gasteiger partial charge in [0.2, 0.25) is 0 Å². The number of urea groups is 1. The molecule has 1 N–H and O–H groups in total. The van der Waals surface area contributed by atoms with E-state index in [0.29, 0.717) is 42.8 Å². The van der Waals surface area contributed by atoms with Crippen molar-refractivity contribution < 1.29 is 9.53 Å². The second-order valence-electron chi connectivity index (χ2n) is 7.71. The average molecular weight is 469 g/mol. The van der Waals surface area contributed by atoms with Crippen molar-refractivity contribution in [3.63, 3.8) is 0 Å². The van der Waals surface area contributed by atoms with Crippen LogP contribution in [-0.2, 0) is 11.3 Å². The van der Waals surface area contributed by atoms with Crippen molar-refractivity contribution in [2.24, 2.45) is 0 Å². The molecule has 176 valence electrons. The molecule has 1 heterocycles. The van der Waals surface area contributed by atoms with Crippen molar-refractivity contribution >= 4 is 34.4 Å². The molecular formula is C25H32N4O3S. The fraction of sp³-hybridized carbons (Fsp3) is 0.400. The molecule has 0 aliphatic heterocycles. The van der Waals surface area contributed by atoms with Gasteiger partial charge in [0.1, 0.15) is 5.82 Å². The van der Waals surface area contributed by atoms with Crippen molar-refractivity contribution in [2.75, 3.05) is 31.8 Å². The van der Waals surface area contributed by atoms with Gasteiger partial charge in [-0.2, -0.15) is 0 Å². The topological polar surface area (TPSA) is 76.5 Å². The number of carbonyl (C=O) groups is 1. The molecule has 0 bridgehead atoms. The summed E-state index contributed by atoms with van der Waals surface area (Å²) >= 11 is 1.65. The summed E-state index contributed by atoms with van der Waals surface area (Å²) in [6, 6.07) is 14.5. The van der Waals surface area contributed by atoms with Crippen LogP contribution in [0.25, 0.3) is 10.9 Å². The zero-order chi connectivity index (χ0) is 23.8. The molecule has 0 fully saturated rings. The first-order valence-electron chi connectivity index (χ1n) is 11.2. The molecule has 0 saturated heterocycles. The van der Waals surface area contributed by atoms with Crippen LogP contribution in [0.3, 0.4) is 0 Å². The van der Waals surface area contributed by atoms with E-state index in [4.69, 9.17) is 9.72 Å². The number of anilines is 1. The third kappa shape index (κ3) is 5.75. The number of amides is 2. The summed E-state index contributed by atoms with van der Waals surface area (Å²) in [5.41, 5.74) is 1.25. The summed E-state index contributed by atoms with van der Waals surface area (Å²) in [7, 11) is 1.61. The summed E-state index contributed by atoms with van der Waals surface area (Å²) < 4.78 is 6.91. The van der Waals surface area contributed by atoms with Crippen LogP contribution in [0.4, 0.5) is 10.5 Å². The van der Waals surface area contributed by atoms with Crippen LogP contribution in [0, 0.1) is 0 Å². The largest absolute Gasteiger partial charge is 0.383 e. The Bertz CT molecular complexity index is 1130. The maximum absolute atomic E-state index is 13.4. The molecule has 0 aliphatic carbocycles. The monoisotopic (exact) mass is 468 g/mol. The highest BCUT2D eigenvalue weighted by molar-refractivity contribution is 7.98. The maximum Gasteiger partial charge on any atom is 0.322 e. The molecule has 2 amide bonds. The highest BCUT2D eigenvalue weighted by Gasteiger charge is 2.28. The van der Waals surface area contributed by atoms with Crippen LogP contribution in [0.2, 0.25) is 0 Å². The first-order chi connectivity index (χ1) is 16.0. The van der Waals surface area contributed by atoms with E-state index in [1.54, 1.807) is 34.4 Å². The Labute approximate surface area is 199 Å². The molecule has 7 nitrogen and oxygen atoms in total. The number of benzene rings is 2. The molecular weight excluding hydrogens is 436 g/mol. The molecule has 3 rings (SSSR count). The van der Waals surface area contributed by atoms with Gasteiger partial charge in [-0.15, -0.1) is 11.8 Å². The number of fused-ring (bicyclic) bond motifs is 1. The Kier molecular flexibility index (Phi) is 8.91. The number of methoxy groups -OCH3 is 1. The van der Waals surface area contributed by atoms with E-state index in [1.807, 2.05) is 62.6 Å². The van der Waals surface area contributed by atoms with E-state index in [9.17, 15) is 9.59 Å². The number of nitrogens with zero attached hydrogens (tertiary/aromatic N) is 3. The number of para-hydroxylation sites is 1. The molecule has 1 unspecified atom stereocenters. The van der Waals surface area contributed by atoms with Gasteiger partial charge in [-0.25, -0.2) is 9.78 Å². The van der Waals surface area contributed by atoms with Crippen LogP contribution in [0.15, 0.2) is 58.2 Å². The van der Waals surface area contributed by atoms with Crippen LogP contribution < -0.4 is 10.9 Å². The minimum atomic E-state index is -0.357. The lowest BCUT2D eigenvalue weighted by molar-refractivity contribution is 0.169. The molecule has 0 aliphatic rings. The highest BCUT2D eigenvalue weighted by atomic mass is 32.2. The molecule has 1 aromatic heterocycles. The van der Waals surface area contributed by atoms with Crippen LogP contribution in [-0.4, -0.2) is 47.0 Å². The lowest BCUT2D eigenvalue weighted by atomic mass is 10.1.